The van der Waals surface area contributed by atoms with Gasteiger partial charge in [0.05, 0.1) is 5.54 Å². The van der Waals surface area contributed by atoms with E-state index in [4.69, 9.17) is 5.73 Å². The first-order valence-electron chi connectivity index (χ1n) is 6.28. The van der Waals surface area contributed by atoms with E-state index in [9.17, 15) is 9.59 Å². The number of carbonyl (C=O) groups excluding carboxylic acids is 2. The molecule has 0 radical (unpaired) electrons. The Hall–Kier alpha value is -1.10. The Bertz CT molecular complexity index is 252. The molecule has 0 aliphatic heterocycles. The summed E-state index contributed by atoms with van der Waals surface area (Å²) in [4.78, 5) is 22.9. The topological polar surface area (TPSA) is 84.2 Å². The molecule has 0 aromatic carbocycles. The SMILES string of the molecule is CCCNC(=O)CCNC(=O)C(C)(N)CCC. The van der Waals surface area contributed by atoms with Crippen molar-refractivity contribution in [3.8, 4) is 0 Å². The maximum atomic E-state index is 11.7. The fourth-order valence-electron chi connectivity index (χ4n) is 1.48. The molecule has 0 aliphatic carbocycles. The highest BCUT2D eigenvalue weighted by molar-refractivity contribution is 5.86. The number of amides is 2. The number of carbonyl (C=O) groups is 2. The summed E-state index contributed by atoms with van der Waals surface area (Å²) >= 11 is 0. The van der Waals surface area contributed by atoms with Crippen molar-refractivity contribution >= 4 is 11.8 Å². The second kappa shape index (κ2) is 8.06. The second-order valence-electron chi connectivity index (χ2n) is 4.52. The highest BCUT2D eigenvalue weighted by Gasteiger charge is 2.26. The molecule has 1 unspecified atom stereocenters. The van der Waals surface area contributed by atoms with Crippen LogP contribution in [-0.2, 0) is 9.59 Å². The lowest BCUT2D eigenvalue weighted by Crippen LogP contribution is -2.52. The summed E-state index contributed by atoms with van der Waals surface area (Å²) in [5.74, 6) is -0.232. The predicted molar refractivity (Wildman–Crippen MR) is 68.4 cm³/mol. The summed E-state index contributed by atoms with van der Waals surface area (Å²) in [7, 11) is 0. The molecule has 2 amide bonds. The highest BCUT2D eigenvalue weighted by Crippen LogP contribution is 2.07. The van der Waals surface area contributed by atoms with Crippen molar-refractivity contribution in [3.05, 3.63) is 0 Å². The van der Waals surface area contributed by atoms with Gasteiger partial charge in [-0.2, -0.15) is 0 Å². The van der Waals surface area contributed by atoms with Gasteiger partial charge in [-0.15, -0.1) is 0 Å². The van der Waals surface area contributed by atoms with Crippen LogP contribution in [0.1, 0.15) is 46.5 Å². The molecule has 0 saturated carbocycles. The molecule has 0 fully saturated rings. The van der Waals surface area contributed by atoms with Crippen LogP contribution in [0.4, 0.5) is 0 Å². The van der Waals surface area contributed by atoms with Gasteiger partial charge in [-0.1, -0.05) is 20.3 Å². The third-order valence-electron chi connectivity index (χ3n) is 2.50. The Morgan fingerprint density at radius 2 is 1.76 bits per heavy atom. The van der Waals surface area contributed by atoms with Crippen LogP contribution in [0.15, 0.2) is 0 Å². The normalized spacial score (nSPS) is 13.9. The first kappa shape index (κ1) is 15.9. The van der Waals surface area contributed by atoms with E-state index < -0.39 is 5.54 Å². The van der Waals surface area contributed by atoms with Gasteiger partial charge in [-0.3, -0.25) is 9.59 Å². The number of nitrogens with two attached hydrogens (primary N) is 1. The molecule has 1 atom stereocenters. The molecule has 0 rings (SSSR count). The van der Waals surface area contributed by atoms with E-state index in [1.165, 1.54) is 0 Å². The van der Waals surface area contributed by atoms with Crippen LogP contribution in [0.3, 0.4) is 0 Å². The smallest absolute Gasteiger partial charge is 0.239 e. The maximum Gasteiger partial charge on any atom is 0.239 e. The van der Waals surface area contributed by atoms with E-state index in [2.05, 4.69) is 10.6 Å². The van der Waals surface area contributed by atoms with Gasteiger partial charge >= 0.3 is 0 Å². The average molecular weight is 243 g/mol. The summed E-state index contributed by atoms with van der Waals surface area (Å²) < 4.78 is 0. The molecule has 0 aromatic heterocycles. The molecule has 5 nitrogen and oxygen atoms in total. The van der Waals surface area contributed by atoms with Crippen molar-refractivity contribution in [1.82, 2.24) is 10.6 Å². The van der Waals surface area contributed by atoms with Gasteiger partial charge in [0.25, 0.3) is 0 Å². The van der Waals surface area contributed by atoms with E-state index in [-0.39, 0.29) is 11.8 Å². The molecule has 0 saturated heterocycles. The van der Waals surface area contributed by atoms with Crippen molar-refractivity contribution in [2.75, 3.05) is 13.1 Å². The quantitative estimate of drug-likeness (QED) is 0.581. The van der Waals surface area contributed by atoms with Gasteiger partial charge in [-0.25, -0.2) is 0 Å². The molecule has 0 heterocycles. The fourth-order valence-corrected chi connectivity index (χ4v) is 1.48. The lowest BCUT2D eigenvalue weighted by atomic mass is 9.96. The third kappa shape index (κ3) is 6.94. The first-order valence-corrected chi connectivity index (χ1v) is 6.28. The van der Waals surface area contributed by atoms with E-state index in [0.717, 1.165) is 12.8 Å². The molecule has 0 aliphatic rings. The van der Waals surface area contributed by atoms with Gasteiger partial charge in [0.15, 0.2) is 0 Å². The predicted octanol–water partition coefficient (Wildman–Crippen LogP) is 0.536. The van der Waals surface area contributed by atoms with Crippen molar-refractivity contribution in [1.29, 1.82) is 0 Å². The van der Waals surface area contributed by atoms with Crippen molar-refractivity contribution in [2.45, 2.75) is 52.0 Å². The highest BCUT2D eigenvalue weighted by atomic mass is 16.2. The van der Waals surface area contributed by atoms with Crippen LogP contribution < -0.4 is 16.4 Å². The lowest BCUT2D eigenvalue weighted by molar-refractivity contribution is -0.126. The number of rotatable bonds is 8. The number of hydrogen-bond donors (Lipinski definition) is 3. The molecule has 4 N–H and O–H groups in total. The maximum absolute atomic E-state index is 11.7. The van der Waals surface area contributed by atoms with Gasteiger partial charge in [0.1, 0.15) is 0 Å². The minimum absolute atomic E-state index is 0.0404. The summed E-state index contributed by atoms with van der Waals surface area (Å²) in [6.45, 7) is 6.70. The average Bonchev–Trinajstić information content (AvgIpc) is 2.26. The van der Waals surface area contributed by atoms with Gasteiger partial charge < -0.3 is 16.4 Å². The Morgan fingerprint density at radius 3 is 2.29 bits per heavy atom. The zero-order valence-electron chi connectivity index (χ0n) is 11.1. The molecule has 100 valence electrons. The molecular weight excluding hydrogens is 218 g/mol. The minimum atomic E-state index is -0.839. The van der Waals surface area contributed by atoms with Crippen LogP contribution in [-0.4, -0.2) is 30.4 Å². The van der Waals surface area contributed by atoms with Crippen molar-refractivity contribution < 1.29 is 9.59 Å². The molecule has 17 heavy (non-hydrogen) atoms. The van der Waals surface area contributed by atoms with Crippen molar-refractivity contribution in [2.24, 2.45) is 5.73 Å². The van der Waals surface area contributed by atoms with Crippen LogP contribution >= 0.6 is 0 Å². The van der Waals surface area contributed by atoms with Crippen LogP contribution in [0.2, 0.25) is 0 Å². The Kier molecular flexibility index (Phi) is 7.54. The lowest BCUT2D eigenvalue weighted by Gasteiger charge is -2.22. The van der Waals surface area contributed by atoms with Gasteiger partial charge in [-0.05, 0) is 19.8 Å². The summed E-state index contributed by atoms with van der Waals surface area (Å²) in [5, 5.41) is 5.44. The Balaban J connectivity index is 3.81. The van der Waals surface area contributed by atoms with Crippen LogP contribution in [0.5, 0.6) is 0 Å². The van der Waals surface area contributed by atoms with E-state index >= 15 is 0 Å². The van der Waals surface area contributed by atoms with Gasteiger partial charge in [0.2, 0.25) is 11.8 Å². The number of nitrogens with one attached hydrogen (secondary N) is 2. The van der Waals surface area contributed by atoms with Crippen molar-refractivity contribution in [3.63, 3.8) is 0 Å². The molecule has 0 aromatic rings. The summed E-state index contributed by atoms with van der Waals surface area (Å²) in [5.41, 5.74) is 5.02. The number of hydrogen-bond acceptors (Lipinski definition) is 3. The van der Waals surface area contributed by atoms with E-state index in [0.29, 0.717) is 25.9 Å². The standard InChI is InChI=1S/C12H25N3O2/c1-4-7-12(3,13)11(17)15-9-6-10(16)14-8-5-2/h4-9,13H2,1-3H3,(H,14,16)(H,15,17). The molecule has 5 heteroatoms. The van der Waals surface area contributed by atoms with E-state index in [1.807, 2.05) is 13.8 Å². The first-order chi connectivity index (χ1) is 7.94. The third-order valence-corrected chi connectivity index (χ3v) is 2.50. The molecule has 0 spiro atoms. The Morgan fingerprint density at radius 1 is 1.12 bits per heavy atom. The zero-order valence-corrected chi connectivity index (χ0v) is 11.1. The van der Waals surface area contributed by atoms with Crippen LogP contribution in [0.25, 0.3) is 0 Å². The molecule has 0 bridgehead atoms. The van der Waals surface area contributed by atoms with Gasteiger partial charge in [0, 0.05) is 19.5 Å². The zero-order chi connectivity index (χ0) is 13.3. The fraction of sp³-hybridized carbons (Fsp3) is 0.833. The monoisotopic (exact) mass is 243 g/mol. The second-order valence-corrected chi connectivity index (χ2v) is 4.52. The largest absolute Gasteiger partial charge is 0.356 e. The summed E-state index contributed by atoms with van der Waals surface area (Å²) in [6.07, 6.45) is 2.71. The molecular formula is C12H25N3O2. The van der Waals surface area contributed by atoms with Crippen LogP contribution in [0, 0.1) is 0 Å². The summed E-state index contributed by atoms with van der Waals surface area (Å²) in [6, 6.07) is 0. The van der Waals surface area contributed by atoms with E-state index in [1.54, 1.807) is 6.92 Å². The minimum Gasteiger partial charge on any atom is -0.356 e. The Labute approximate surface area is 104 Å².